The summed E-state index contributed by atoms with van der Waals surface area (Å²) in [6.07, 6.45) is 0. The van der Waals surface area contributed by atoms with Crippen molar-refractivity contribution in [3.8, 4) is 5.75 Å². The van der Waals surface area contributed by atoms with E-state index in [9.17, 15) is 13.6 Å². The van der Waals surface area contributed by atoms with E-state index < -0.39 is 11.3 Å². The number of anilines is 1. The van der Waals surface area contributed by atoms with Crippen molar-refractivity contribution in [3.63, 3.8) is 0 Å². The number of Topliss-reactive ketones (excluding diaryl/α,β-unsaturated/α-hetero) is 1. The van der Waals surface area contributed by atoms with Crippen molar-refractivity contribution in [1.82, 2.24) is 0 Å². The van der Waals surface area contributed by atoms with Crippen LogP contribution in [0.1, 0.15) is 22.8 Å². The fourth-order valence-corrected chi connectivity index (χ4v) is 2.40. The number of rotatable bonds is 6. The summed E-state index contributed by atoms with van der Waals surface area (Å²) in [6.45, 7) is 1.54. The van der Waals surface area contributed by atoms with Gasteiger partial charge >= 0.3 is 0 Å². The Hall–Kier alpha value is -1.89. The minimum Gasteiger partial charge on any atom is -0.755 e. The van der Waals surface area contributed by atoms with Gasteiger partial charge in [0.1, 0.15) is 12.4 Å². The Morgan fingerprint density at radius 1 is 1.32 bits per heavy atom. The van der Waals surface area contributed by atoms with E-state index in [2.05, 4.69) is 4.72 Å². The first-order chi connectivity index (χ1) is 10.5. The molecular weight excluding hydrogens is 326 g/mol. The summed E-state index contributed by atoms with van der Waals surface area (Å²) in [5.41, 5.74) is 1.39. The zero-order valence-corrected chi connectivity index (χ0v) is 13.2. The highest BCUT2D eigenvalue weighted by atomic mass is 35.5. The van der Waals surface area contributed by atoms with E-state index in [1.54, 1.807) is 36.4 Å². The van der Waals surface area contributed by atoms with E-state index in [0.29, 0.717) is 27.6 Å². The number of halogens is 1. The summed E-state index contributed by atoms with van der Waals surface area (Å²) < 4.78 is 29.5. The van der Waals surface area contributed by atoms with Crippen LogP contribution in [0.2, 0.25) is 5.02 Å². The fraction of sp³-hybridized carbons (Fsp3) is 0.133. The molecule has 2 aromatic carbocycles. The molecule has 0 aliphatic rings. The Labute approximate surface area is 135 Å². The van der Waals surface area contributed by atoms with E-state index >= 15 is 0 Å². The quantitative estimate of drug-likeness (QED) is 0.647. The zero-order chi connectivity index (χ0) is 16.1. The first-order valence-corrected chi connectivity index (χ1v) is 7.79. The molecule has 0 saturated carbocycles. The van der Waals surface area contributed by atoms with Crippen LogP contribution in [0.5, 0.6) is 5.75 Å². The highest BCUT2D eigenvalue weighted by Crippen LogP contribution is 2.23. The van der Waals surface area contributed by atoms with E-state index in [1.165, 1.54) is 13.0 Å². The molecule has 0 heterocycles. The van der Waals surface area contributed by atoms with Gasteiger partial charge in [0.15, 0.2) is 5.78 Å². The molecule has 0 aromatic heterocycles. The Morgan fingerprint density at radius 3 is 2.73 bits per heavy atom. The van der Waals surface area contributed by atoms with Gasteiger partial charge in [-0.25, -0.2) is 0 Å². The summed E-state index contributed by atoms with van der Waals surface area (Å²) in [5, 5.41) is 0.536. The standard InChI is InChI=1S/C15H14ClNO4S/c1-10(18)11-5-6-15(17-22(19)20)12(7-11)9-21-14-4-2-3-13(16)8-14/h2-8,17H,9H2,1H3,(H,19,20)/p-1. The third-order valence-electron chi connectivity index (χ3n) is 2.90. The van der Waals surface area contributed by atoms with Crippen molar-refractivity contribution >= 4 is 34.3 Å². The summed E-state index contributed by atoms with van der Waals surface area (Å²) >= 11 is 3.42. The average molecular weight is 339 g/mol. The van der Waals surface area contributed by atoms with Gasteiger partial charge in [0.05, 0.1) is 5.69 Å². The van der Waals surface area contributed by atoms with Crippen LogP contribution >= 0.6 is 11.6 Å². The van der Waals surface area contributed by atoms with Crippen LogP contribution in [-0.2, 0) is 17.9 Å². The number of benzene rings is 2. The van der Waals surface area contributed by atoms with Gasteiger partial charge in [-0.15, -0.1) is 0 Å². The molecule has 0 radical (unpaired) electrons. The maximum atomic E-state index is 11.4. The lowest BCUT2D eigenvalue weighted by Gasteiger charge is -2.15. The topological polar surface area (TPSA) is 78.5 Å². The van der Waals surface area contributed by atoms with E-state index in [1.807, 2.05) is 0 Å². The summed E-state index contributed by atoms with van der Waals surface area (Å²) in [6, 6.07) is 11.5. The molecular formula is C15H13ClNO4S-. The first-order valence-electron chi connectivity index (χ1n) is 6.34. The minimum absolute atomic E-state index is 0.0982. The maximum Gasteiger partial charge on any atom is 0.159 e. The molecule has 5 nitrogen and oxygen atoms in total. The second-order valence-corrected chi connectivity index (χ2v) is 5.62. The van der Waals surface area contributed by atoms with Gasteiger partial charge in [-0.1, -0.05) is 17.7 Å². The Balaban J connectivity index is 2.24. The van der Waals surface area contributed by atoms with Gasteiger partial charge in [-0.2, -0.15) is 0 Å². The number of hydrogen-bond donors (Lipinski definition) is 1. The lowest BCUT2D eigenvalue weighted by Crippen LogP contribution is -2.08. The zero-order valence-electron chi connectivity index (χ0n) is 11.7. The number of carbonyl (C=O) groups is 1. The van der Waals surface area contributed by atoms with Gasteiger partial charge in [-0.05, 0) is 43.3 Å². The lowest BCUT2D eigenvalue weighted by molar-refractivity contribution is 0.101. The number of carbonyl (C=O) groups excluding carboxylic acids is 1. The predicted octanol–water partition coefficient (Wildman–Crippen LogP) is 3.33. The second-order valence-electron chi connectivity index (χ2n) is 4.51. The second kappa shape index (κ2) is 7.40. The van der Waals surface area contributed by atoms with Crippen molar-refractivity contribution in [3.05, 3.63) is 58.6 Å². The largest absolute Gasteiger partial charge is 0.755 e. The van der Waals surface area contributed by atoms with E-state index in [4.69, 9.17) is 16.3 Å². The van der Waals surface area contributed by atoms with Crippen LogP contribution < -0.4 is 9.46 Å². The molecule has 0 aliphatic carbocycles. The van der Waals surface area contributed by atoms with E-state index in [0.717, 1.165) is 0 Å². The van der Waals surface area contributed by atoms with E-state index in [-0.39, 0.29) is 12.4 Å². The van der Waals surface area contributed by atoms with Crippen LogP contribution in [0.15, 0.2) is 42.5 Å². The smallest absolute Gasteiger partial charge is 0.159 e. The molecule has 1 unspecified atom stereocenters. The van der Waals surface area contributed by atoms with Crippen molar-refractivity contribution in [1.29, 1.82) is 0 Å². The predicted molar refractivity (Wildman–Crippen MR) is 84.8 cm³/mol. The highest BCUT2D eigenvalue weighted by Gasteiger charge is 2.08. The van der Waals surface area contributed by atoms with Crippen LogP contribution in [-0.4, -0.2) is 14.5 Å². The molecule has 7 heteroatoms. The average Bonchev–Trinajstić information content (AvgIpc) is 2.45. The Kier molecular flexibility index (Phi) is 5.54. The molecule has 0 spiro atoms. The van der Waals surface area contributed by atoms with Gasteiger partial charge in [-0.3, -0.25) is 9.00 Å². The van der Waals surface area contributed by atoms with Gasteiger partial charge in [0, 0.05) is 27.4 Å². The Morgan fingerprint density at radius 2 is 2.09 bits per heavy atom. The van der Waals surface area contributed by atoms with Crippen LogP contribution in [0.4, 0.5) is 5.69 Å². The molecule has 1 N–H and O–H groups in total. The van der Waals surface area contributed by atoms with Crippen LogP contribution in [0, 0.1) is 0 Å². The number of nitrogens with one attached hydrogen (secondary N) is 1. The number of ketones is 1. The van der Waals surface area contributed by atoms with Crippen LogP contribution in [0.25, 0.3) is 0 Å². The van der Waals surface area contributed by atoms with Crippen molar-refractivity contribution < 1.29 is 18.3 Å². The molecule has 2 aromatic rings. The molecule has 0 bridgehead atoms. The van der Waals surface area contributed by atoms with Crippen LogP contribution in [0.3, 0.4) is 0 Å². The first kappa shape index (κ1) is 16.5. The molecule has 0 saturated heterocycles. The number of hydrogen-bond acceptors (Lipinski definition) is 4. The van der Waals surface area contributed by atoms with Crippen molar-refractivity contribution in [2.24, 2.45) is 0 Å². The monoisotopic (exact) mass is 338 g/mol. The third-order valence-corrected chi connectivity index (χ3v) is 3.52. The molecule has 2 rings (SSSR count). The Bertz CT molecular complexity index is 720. The molecule has 1 atom stereocenters. The van der Waals surface area contributed by atoms with Crippen molar-refractivity contribution in [2.75, 3.05) is 4.72 Å². The summed E-state index contributed by atoms with van der Waals surface area (Å²) in [5.74, 6) is 0.439. The summed E-state index contributed by atoms with van der Waals surface area (Å²) in [7, 11) is 0. The third kappa shape index (κ3) is 4.56. The van der Waals surface area contributed by atoms with Gasteiger partial charge in [0.25, 0.3) is 0 Å². The molecule has 0 fully saturated rings. The van der Waals surface area contributed by atoms with Gasteiger partial charge in [0.2, 0.25) is 0 Å². The van der Waals surface area contributed by atoms with Gasteiger partial charge < -0.3 is 14.0 Å². The SMILES string of the molecule is CC(=O)c1ccc(NS(=O)[O-])c(COc2cccc(Cl)c2)c1. The molecule has 0 amide bonds. The number of ether oxygens (including phenoxy) is 1. The summed E-state index contributed by atoms with van der Waals surface area (Å²) in [4.78, 5) is 11.4. The normalized spacial score (nSPS) is 11.8. The molecule has 22 heavy (non-hydrogen) atoms. The fourth-order valence-electron chi connectivity index (χ4n) is 1.84. The molecule has 0 aliphatic heterocycles. The maximum absolute atomic E-state index is 11.4. The minimum atomic E-state index is -2.46. The molecule has 116 valence electrons. The lowest BCUT2D eigenvalue weighted by atomic mass is 10.1. The highest BCUT2D eigenvalue weighted by molar-refractivity contribution is 7.80. The van der Waals surface area contributed by atoms with Crippen molar-refractivity contribution in [2.45, 2.75) is 13.5 Å².